The van der Waals surface area contributed by atoms with Crippen molar-refractivity contribution in [1.29, 1.82) is 0 Å². The molecule has 2 rings (SSSR count). The zero-order chi connectivity index (χ0) is 16.7. The first kappa shape index (κ1) is 16.2. The molecule has 118 valence electrons. The predicted molar refractivity (Wildman–Crippen MR) is 85.5 cm³/mol. The van der Waals surface area contributed by atoms with E-state index in [2.05, 4.69) is 10.5 Å². The van der Waals surface area contributed by atoms with Crippen LogP contribution >= 0.6 is 0 Å². The van der Waals surface area contributed by atoms with E-state index in [9.17, 15) is 14.9 Å². The molecular weight excluding hydrogens is 298 g/mol. The summed E-state index contributed by atoms with van der Waals surface area (Å²) in [5.41, 5.74) is 3.40. The average molecular weight is 313 g/mol. The maximum Gasteiger partial charge on any atom is 0.273 e. The number of hydrazone groups is 1. The fraction of sp³-hybridized carbons (Fsp3) is 0.125. The largest absolute Gasteiger partial charge is 0.497 e. The molecule has 0 atom stereocenters. The second-order valence-electron chi connectivity index (χ2n) is 4.63. The van der Waals surface area contributed by atoms with E-state index in [1.54, 1.807) is 49.6 Å². The molecule has 1 amide bonds. The van der Waals surface area contributed by atoms with Gasteiger partial charge in [-0.05, 0) is 29.8 Å². The highest BCUT2D eigenvalue weighted by Gasteiger charge is 2.14. The molecule has 0 aliphatic rings. The summed E-state index contributed by atoms with van der Waals surface area (Å²) in [7, 11) is 1.58. The van der Waals surface area contributed by atoms with Crippen LogP contribution in [0.25, 0.3) is 0 Å². The Morgan fingerprint density at radius 3 is 2.61 bits per heavy atom. The Bertz CT molecular complexity index is 726. The third-order valence-corrected chi connectivity index (χ3v) is 3.06. The molecule has 0 aliphatic heterocycles. The number of rotatable bonds is 6. The lowest BCUT2D eigenvalue weighted by atomic mass is 10.1. The van der Waals surface area contributed by atoms with E-state index in [1.165, 1.54) is 12.3 Å². The third-order valence-electron chi connectivity index (χ3n) is 3.06. The monoisotopic (exact) mass is 313 g/mol. The van der Waals surface area contributed by atoms with E-state index in [0.717, 1.165) is 11.3 Å². The Kier molecular flexibility index (Phi) is 5.40. The number of para-hydroxylation sites is 1. The lowest BCUT2D eigenvalue weighted by Crippen LogP contribution is -2.20. The fourth-order valence-corrected chi connectivity index (χ4v) is 1.92. The maximum absolute atomic E-state index is 11.8. The summed E-state index contributed by atoms with van der Waals surface area (Å²) in [6.07, 6.45) is 1.37. The van der Waals surface area contributed by atoms with Crippen LogP contribution in [0.2, 0.25) is 0 Å². The van der Waals surface area contributed by atoms with Gasteiger partial charge in [-0.1, -0.05) is 18.2 Å². The Morgan fingerprint density at radius 1 is 1.26 bits per heavy atom. The van der Waals surface area contributed by atoms with Crippen LogP contribution in [0.4, 0.5) is 5.69 Å². The second kappa shape index (κ2) is 7.69. The van der Waals surface area contributed by atoms with Crippen molar-refractivity contribution in [2.75, 3.05) is 7.11 Å². The molecule has 0 fully saturated rings. The molecule has 23 heavy (non-hydrogen) atoms. The van der Waals surface area contributed by atoms with Crippen LogP contribution < -0.4 is 10.2 Å². The second-order valence-corrected chi connectivity index (χ2v) is 4.63. The number of ether oxygens (including phenoxy) is 1. The van der Waals surface area contributed by atoms with Gasteiger partial charge < -0.3 is 4.74 Å². The van der Waals surface area contributed by atoms with Crippen molar-refractivity contribution in [3.63, 3.8) is 0 Å². The minimum atomic E-state index is -0.511. The van der Waals surface area contributed by atoms with Crippen LogP contribution in [-0.2, 0) is 11.2 Å². The van der Waals surface area contributed by atoms with Crippen molar-refractivity contribution in [2.24, 2.45) is 5.10 Å². The summed E-state index contributed by atoms with van der Waals surface area (Å²) >= 11 is 0. The summed E-state index contributed by atoms with van der Waals surface area (Å²) < 4.78 is 5.04. The SMILES string of the molecule is COc1ccc(C=NNC(=O)Cc2ccccc2[N+](=O)[O-])cc1. The number of nitro groups is 1. The number of nitrogens with zero attached hydrogens (tertiary/aromatic N) is 2. The van der Waals surface area contributed by atoms with E-state index in [4.69, 9.17) is 4.74 Å². The molecule has 0 aromatic heterocycles. The number of hydrogen-bond acceptors (Lipinski definition) is 5. The Labute approximate surface area is 132 Å². The molecule has 0 unspecified atom stereocenters. The fourth-order valence-electron chi connectivity index (χ4n) is 1.92. The Balaban J connectivity index is 1.94. The zero-order valence-electron chi connectivity index (χ0n) is 12.4. The van der Waals surface area contributed by atoms with Crippen LogP contribution in [-0.4, -0.2) is 24.2 Å². The lowest BCUT2D eigenvalue weighted by molar-refractivity contribution is -0.385. The summed E-state index contributed by atoms with van der Waals surface area (Å²) in [5, 5.41) is 14.7. The first-order chi connectivity index (χ1) is 11.1. The quantitative estimate of drug-likeness (QED) is 0.503. The van der Waals surface area contributed by atoms with Gasteiger partial charge in [0.15, 0.2) is 0 Å². The number of nitro benzene ring substituents is 1. The van der Waals surface area contributed by atoms with Gasteiger partial charge >= 0.3 is 0 Å². The molecular formula is C16H15N3O4. The number of hydrogen-bond donors (Lipinski definition) is 1. The molecule has 0 bridgehead atoms. The normalized spacial score (nSPS) is 10.5. The van der Waals surface area contributed by atoms with E-state index >= 15 is 0 Å². The van der Waals surface area contributed by atoms with Crippen LogP contribution in [0.15, 0.2) is 53.6 Å². The van der Waals surface area contributed by atoms with Crippen LogP contribution in [0.5, 0.6) is 5.75 Å². The highest BCUT2D eigenvalue weighted by molar-refractivity contribution is 5.83. The average Bonchev–Trinajstić information content (AvgIpc) is 2.56. The van der Waals surface area contributed by atoms with Gasteiger partial charge in [0, 0.05) is 11.6 Å². The molecule has 7 heteroatoms. The van der Waals surface area contributed by atoms with E-state index < -0.39 is 10.8 Å². The Hall–Kier alpha value is -3.22. The van der Waals surface area contributed by atoms with Crippen molar-refractivity contribution in [3.05, 3.63) is 69.8 Å². The van der Waals surface area contributed by atoms with Crippen molar-refractivity contribution < 1.29 is 14.5 Å². The topological polar surface area (TPSA) is 93.8 Å². The minimum absolute atomic E-state index is 0.0817. The van der Waals surface area contributed by atoms with Crippen molar-refractivity contribution in [1.82, 2.24) is 5.43 Å². The van der Waals surface area contributed by atoms with Gasteiger partial charge in [-0.25, -0.2) is 5.43 Å². The molecule has 0 aliphatic carbocycles. The van der Waals surface area contributed by atoms with Gasteiger partial charge in [0.05, 0.1) is 24.7 Å². The molecule has 7 nitrogen and oxygen atoms in total. The number of benzene rings is 2. The number of methoxy groups -OCH3 is 1. The molecule has 0 saturated heterocycles. The lowest BCUT2D eigenvalue weighted by Gasteiger charge is -2.02. The van der Waals surface area contributed by atoms with E-state index in [1.807, 2.05) is 0 Å². The maximum atomic E-state index is 11.8. The number of nitrogens with one attached hydrogen (secondary N) is 1. The van der Waals surface area contributed by atoms with Gasteiger partial charge in [-0.3, -0.25) is 14.9 Å². The number of carbonyl (C=O) groups is 1. The number of amides is 1. The number of carbonyl (C=O) groups excluding carboxylic acids is 1. The molecule has 0 radical (unpaired) electrons. The van der Waals surface area contributed by atoms with Crippen LogP contribution in [0, 0.1) is 10.1 Å². The zero-order valence-corrected chi connectivity index (χ0v) is 12.4. The van der Waals surface area contributed by atoms with Gasteiger partial charge in [0.2, 0.25) is 5.91 Å². The highest BCUT2D eigenvalue weighted by Crippen LogP contribution is 2.17. The van der Waals surface area contributed by atoms with Crippen LogP contribution in [0.3, 0.4) is 0 Å². The Morgan fingerprint density at radius 2 is 1.96 bits per heavy atom. The first-order valence-electron chi connectivity index (χ1n) is 6.78. The highest BCUT2D eigenvalue weighted by atomic mass is 16.6. The smallest absolute Gasteiger partial charge is 0.273 e. The molecule has 1 N–H and O–H groups in total. The summed E-state index contributed by atoms with van der Waals surface area (Å²) in [4.78, 5) is 22.2. The third kappa shape index (κ3) is 4.63. The molecule has 0 heterocycles. The van der Waals surface area contributed by atoms with Crippen molar-refractivity contribution in [2.45, 2.75) is 6.42 Å². The van der Waals surface area contributed by atoms with Gasteiger partial charge in [-0.2, -0.15) is 5.10 Å². The molecule has 0 saturated carbocycles. The molecule has 2 aromatic rings. The van der Waals surface area contributed by atoms with Gasteiger partial charge in [0.25, 0.3) is 5.69 Å². The van der Waals surface area contributed by atoms with Crippen LogP contribution in [0.1, 0.15) is 11.1 Å². The van der Waals surface area contributed by atoms with Gasteiger partial charge in [-0.15, -0.1) is 0 Å². The van der Waals surface area contributed by atoms with Crippen molar-refractivity contribution in [3.8, 4) is 5.75 Å². The summed E-state index contributed by atoms with van der Waals surface area (Å²) in [5.74, 6) is 0.298. The van der Waals surface area contributed by atoms with E-state index in [-0.39, 0.29) is 12.1 Å². The first-order valence-corrected chi connectivity index (χ1v) is 6.78. The van der Waals surface area contributed by atoms with Crippen molar-refractivity contribution >= 4 is 17.8 Å². The van der Waals surface area contributed by atoms with E-state index in [0.29, 0.717) is 5.56 Å². The summed E-state index contributed by atoms with van der Waals surface area (Å²) in [6.45, 7) is 0. The molecule has 0 spiro atoms. The standard InChI is InChI=1S/C16H15N3O4/c1-23-14-8-6-12(7-9-14)11-17-18-16(20)10-13-4-2-3-5-15(13)19(21)22/h2-9,11H,10H2,1H3,(H,18,20). The predicted octanol–water partition coefficient (Wildman–Crippen LogP) is 2.30. The van der Waals surface area contributed by atoms with Gasteiger partial charge in [0.1, 0.15) is 5.75 Å². The summed E-state index contributed by atoms with van der Waals surface area (Å²) in [6, 6.07) is 13.2. The minimum Gasteiger partial charge on any atom is -0.497 e. The molecule has 2 aromatic carbocycles.